The van der Waals surface area contributed by atoms with Crippen LogP contribution in [-0.2, 0) is 0 Å². The number of aromatic nitrogens is 1. The van der Waals surface area contributed by atoms with E-state index in [9.17, 15) is 4.79 Å². The molecule has 1 amide bonds. The number of likely N-dealkylation sites (tertiary alicyclic amines) is 1. The number of halogens is 1. The van der Waals surface area contributed by atoms with E-state index in [2.05, 4.69) is 26.0 Å². The molecule has 0 atom stereocenters. The topological polar surface area (TPSA) is 42.4 Å². The minimum Gasteiger partial charge on any atom is -0.467 e. The number of ether oxygens (including phenoxy) is 1. The summed E-state index contributed by atoms with van der Waals surface area (Å²) in [7, 11) is 0. The first-order valence-electron chi connectivity index (χ1n) is 10.0. The van der Waals surface area contributed by atoms with Crippen LogP contribution in [0, 0.1) is 13.8 Å². The standard InChI is InChI=1S/C23H21ClN2O2S2/c1-13-7-8-14(2)20-19(13)25-23(30-20)28-15-9-11-26(12-10-15)22(27)21-18(24)16-5-3-4-6-17(16)29-21/h3-8,15H,9-12H2,1-2H3. The number of hydrogen-bond donors (Lipinski definition) is 0. The maximum atomic E-state index is 13.0. The van der Waals surface area contributed by atoms with Crippen LogP contribution < -0.4 is 4.74 Å². The van der Waals surface area contributed by atoms with Crippen LogP contribution in [0.3, 0.4) is 0 Å². The smallest absolute Gasteiger partial charge is 0.274 e. The van der Waals surface area contributed by atoms with Gasteiger partial charge in [0.25, 0.3) is 11.1 Å². The van der Waals surface area contributed by atoms with Crippen molar-refractivity contribution in [1.29, 1.82) is 0 Å². The Morgan fingerprint density at radius 3 is 2.57 bits per heavy atom. The Labute approximate surface area is 188 Å². The van der Waals surface area contributed by atoms with E-state index in [1.54, 1.807) is 11.3 Å². The summed E-state index contributed by atoms with van der Waals surface area (Å²) >= 11 is 9.58. The van der Waals surface area contributed by atoms with Gasteiger partial charge in [-0.3, -0.25) is 4.79 Å². The second kappa shape index (κ2) is 7.84. The van der Waals surface area contributed by atoms with E-state index < -0.39 is 0 Å². The molecule has 1 saturated heterocycles. The number of carbonyl (C=O) groups is 1. The second-order valence-corrected chi connectivity index (χ2v) is 10.1. The molecule has 3 heterocycles. The number of aryl methyl sites for hydroxylation is 2. The first kappa shape index (κ1) is 19.8. The quantitative estimate of drug-likeness (QED) is 0.355. The highest BCUT2D eigenvalue weighted by Crippen LogP contribution is 2.37. The van der Waals surface area contributed by atoms with E-state index in [1.807, 2.05) is 29.2 Å². The highest BCUT2D eigenvalue weighted by atomic mass is 35.5. The van der Waals surface area contributed by atoms with Gasteiger partial charge in [0.15, 0.2) is 0 Å². The van der Waals surface area contributed by atoms with Crippen molar-refractivity contribution in [2.75, 3.05) is 13.1 Å². The third kappa shape index (κ3) is 3.47. The molecule has 1 aliphatic rings. The van der Waals surface area contributed by atoms with Gasteiger partial charge in [0.05, 0.1) is 15.2 Å². The van der Waals surface area contributed by atoms with Crippen molar-refractivity contribution < 1.29 is 9.53 Å². The Morgan fingerprint density at radius 1 is 1.10 bits per heavy atom. The number of carbonyl (C=O) groups excluding carboxylic acids is 1. The van der Waals surface area contributed by atoms with Crippen LogP contribution in [0.5, 0.6) is 5.19 Å². The number of thiophene rings is 1. The summed E-state index contributed by atoms with van der Waals surface area (Å²) in [4.78, 5) is 20.3. The zero-order valence-electron chi connectivity index (χ0n) is 16.8. The van der Waals surface area contributed by atoms with Gasteiger partial charge < -0.3 is 9.64 Å². The maximum Gasteiger partial charge on any atom is 0.274 e. The van der Waals surface area contributed by atoms with Crippen LogP contribution in [0.2, 0.25) is 5.02 Å². The molecule has 0 bridgehead atoms. The van der Waals surface area contributed by atoms with Gasteiger partial charge in [-0.25, -0.2) is 4.98 Å². The lowest BCUT2D eigenvalue weighted by atomic mass is 10.1. The third-order valence-corrected chi connectivity index (χ3v) is 8.39. The van der Waals surface area contributed by atoms with Crippen molar-refractivity contribution >= 4 is 60.5 Å². The minimum absolute atomic E-state index is 0.0193. The lowest BCUT2D eigenvalue weighted by molar-refractivity contribution is 0.0600. The van der Waals surface area contributed by atoms with E-state index in [0.29, 0.717) is 23.0 Å². The molecule has 5 rings (SSSR count). The number of amides is 1. The predicted octanol–water partition coefficient (Wildman–Crippen LogP) is 6.46. The Hall–Kier alpha value is -2.15. The summed E-state index contributed by atoms with van der Waals surface area (Å²) in [6.45, 7) is 5.51. The molecule has 1 fully saturated rings. The molecule has 1 aliphatic heterocycles. The molecule has 0 spiro atoms. The average molecular weight is 457 g/mol. The van der Waals surface area contributed by atoms with Crippen molar-refractivity contribution in [2.45, 2.75) is 32.8 Å². The largest absolute Gasteiger partial charge is 0.467 e. The van der Waals surface area contributed by atoms with Crippen molar-refractivity contribution in [3.63, 3.8) is 0 Å². The summed E-state index contributed by atoms with van der Waals surface area (Å²) in [5.74, 6) is 0.0193. The molecule has 4 aromatic rings. The fraction of sp³-hybridized carbons (Fsp3) is 0.304. The normalized spacial score (nSPS) is 15.2. The number of piperidine rings is 1. The van der Waals surface area contributed by atoms with E-state index in [0.717, 1.165) is 33.6 Å². The van der Waals surface area contributed by atoms with Gasteiger partial charge in [0.1, 0.15) is 11.0 Å². The van der Waals surface area contributed by atoms with Crippen LogP contribution in [0.4, 0.5) is 0 Å². The van der Waals surface area contributed by atoms with Crippen molar-refractivity contribution in [3.05, 3.63) is 57.4 Å². The van der Waals surface area contributed by atoms with Gasteiger partial charge in [-0.2, -0.15) is 0 Å². The Morgan fingerprint density at radius 2 is 1.83 bits per heavy atom. The van der Waals surface area contributed by atoms with Crippen LogP contribution in [0.25, 0.3) is 20.3 Å². The van der Waals surface area contributed by atoms with Gasteiger partial charge >= 0.3 is 0 Å². The summed E-state index contributed by atoms with van der Waals surface area (Å²) in [6.07, 6.45) is 1.66. The molecule has 0 aliphatic carbocycles. The first-order chi connectivity index (χ1) is 14.5. The van der Waals surface area contributed by atoms with Crippen LogP contribution in [-0.4, -0.2) is 35.0 Å². The summed E-state index contributed by atoms with van der Waals surface area (Å²) in [5, 5.41) is 2.24. The molecule has 0 radical (unpaired) electrons. The average Bonchev–Trinajstić information content (AvgIpc) is 3.33. The molecule has 2 aromatic carbocycles. The molecule has 2 aromatic heterocycles. The fourth-order valence-electron chi connectivity index (χ4n) is 3.90. The number of fused-ring (bicyclic) bond motifs is 2. The first-order valence-corrected chi connectivity index (χ1v) is 12.0. The number of nitrogens with zero attached hydrogens (tertiary/aromatic N) is 2. The maximum absolute atomic E-state index is 13.0. The second-order valence-electron chi connectivity index (χ2n) is 7.71. The number of hydrogen-bond acceptors (Lipinski definition) is 5. The van der Waals surface area contributed by atoms with Gasteiger partial charge in [0.2, 0.25) is 0 Å². The molecule has 154 valence electrons. The Balaban J connectivity index is 1.27. The molecular weight excluding hydrogens is 436 g/mol. The van der Waals surface area contributed by atoms with Crippen LogP contribution >= 0.6 is 34.3 Å². The van der Waals surface area contributed by atoms with E-state index in [4.69, 9.17) is 21.3 Å². The zero-order valence-corrected chi connectivity index (χ0v) is 19.2. The van der Waals surface area contributed by atoms with Gasteiger partial charge in [-0.15, -0.1) is 11.3 Å². The molecule has 30 heavy (non-hydrogen) atoms. The van der Waals surface area contributed by atoms with E-state index >= 15 is 0 Å². The molecule has 0 N–H and O–H groups in total. The van der Waals surface area contributed by atoms with Gasteiger partial charge in [-0.05, 0) is 31.0 Å². The van der Waals surface area contributed by atoms with Crippen molar-refractivity contribution in [1.82, 2.24) is 9.88 Å². The molecule has 7 heteroatoms. The van der Waals surface area contributed by atoms with Crippen LogP contribution in [0.1, 0.15) is 33.6 Å². The molecular formula is C23H21ClN2O2S2. The van der Waals surface area contributed by atoms with E-state index in [1.165, 1.54) is 27.2 Å². The Bertz CT molecular complexity index is 1220. The third-order valence-electron chi connectivity index (χ3n) is 5.65. The molecule has 0 saturated carbocycles. The number of rotatable bonds is 3. The highest BCUT2D eigenvalue weighted by Gasteiger charge is 2.28. The summed E-state index contributed by atoms with van der Waals surface area (Å²) in [6, 6.07) is 12.1. The summed E-state index contributed by atoms with van der Waals surface area (Å²) < 4.78 is 8.44. The monoisotopic (exact) mass is 456 g/mol. The lowest BCUT2D eigenvalue weighted by Gasteiger charge is -2.31. The number of thiazole rings is 1. The predicted molar refractivity (Wildman–Crippen MR) is 125 cm³/mol. The van der Waals surface area contributed by atoms with E-state index in [-0.39, 0.29) is 12.0 Å². The Kier molecular flexibility index (Phi) is 5.17. The number of benzene rings is 2. The lowest BCUT2D eigenvalue weighted by Crippen LogP contribution is -2.41. The summed E-state index contributed by atoms with van der Waals surface area (Å²) in [5.41, 5.74) is 3.42. The molecule has 0 unspecified atom stereocenters. The van der Waals surface area contributed by atoms with Crippen LogP contribution in [0.15, 0.2) is 36.4 Å². The van der Waals surface area contributed by atoms with Crippen molar-refractivity contribution in [3.8, 4) is 5.19 Å². The fourth-order valence-corrected chi connectivity index (χ4v) is 6.41. The van der Waals surface area contributed by atoms with Gasteiger partial charge in [0, 0.05) is 36.0 Å². The van der Waals surface area contributed by atoms with Crippen molar-refractivity contribution in [2.24, 2.45) is 0 Å². The zero-order chi connectivity index (χ0) is 20.8. The highest BCUT2D eigenvalue weighted by molar-refractivity contribution is 7.21. The minimum atomic E-state index is 0.0193. The SMILES string of the molecule is Cc1ccc(C)c2sc(OC3CCN(C(=O)c4sc5ccccc5c4Cl)CC3)nc12. The van der Waals surface area contributed by atoms with Gasteiger partial charge in [-0.1, -0.05) is 53.3 Å². The molecule has 4 nitrogen and oxygen atoms in total.